The van der Waals surface area contributed by atoms with Crippen LogP contribution in [0.4, 0.5) is 0 Å². The van der Waals surface area contributed by atoms with Crippen molar-refractivity contribution in [1.29, 1.82) is 0 Å². The smallest absolute Gasteiger partial charge is 0.326 e. The van der Waals surface area contributed by atoms with Crippen molar-refractivity contribution in [2.24, 2.45) is 5.92 Å². The number of rotatable bonds is 7. The molecule has 0 fully saturated rings. The highest BCUT2D eigenvalue weighted by atomic mass is 32.2. The lowest BCUT2D eigenvalue weighted by molar-refractivity contribution is -0.140. The molecule has 0 unspecified atom stereocenters. The Labute approximate surface area is 136 Å². The molecule has 0 saturated heterocycles. The molecule has 128 valence electrons. The Balaban J connectivity index is 2.92. The Kier molecular flexibility index (Phi) is 6.28. The van der Waals surface area contributed by atoms with Crippen LogP contribution in [0.1, 0.15) is 38.1 Å². The Hall–Kier alpha value is -1.93. The standard InChI is InChI=1S/C15H22N2O5S/c1-9(2)13(15(19)20)16-14(18)11-5-7-12(8-6-11)23(21,22)17-10(3)4/h5-10,13,17H,1-4H3,(H,16,18)(H,19,20)/t13-/m1/s1. The SMILES string of the molecule is CC(C)NS(=O)(=O)c1ccc(C(=O)N[C@@H](C(=O)O)C(C)C)cc1. The third-order valence-electron chi connectivity index (χ3n) is 3.04. The first-order chi connectivity index (χ1) is 10.5. The van der Waals surface area contributed by atoms with Crippen LogP contribution in [-0.2, 0) is 14.8 Å². The van der Waals surface area contributed by atoms with E-state index in [-0.39, 0.29) is 22.4 Å². The van der Waals surface area contributed by atoms with Crippen molar-refractivity contribution in [2.75, 3.05) is 0 Å². The van der Waals surface area contributed by atoms with E-state index in [0.29, 0.717) is 0 Å². The summed E-state index contributed by atoms with van der Waals surface area (Å²) in [7, 11) is -3.63. The van der Waals surface area contributed by atoms with E-state index in [1.165, 1.54) is 24.3 Å². The molecule has 3 N–H and O–H groups in total. The van der Waals surface area contributed by atoms with Gasteiger partial charge in [-0.1, -0.05) is 13.8 Å². The molecule has 1 amide bonds. The number of aliphatic carboxylic acids is 1. The number of carboxylic acid groups (broad SMARTS) is 1. The van der Waals surface area contributed by atoms with Crippen LogP contribution >= 0.6 is 0 Å². The molecular formula is C15H22N2O5S. The lowest BCUT2D eigenvalue weighted by Gasteiger charge is -2.18. The third kappa shape index (κ3) is 5.33. The molecule has 0 heterocycles. The predicted molar refractivity (Wildman–Crippen MR) is 85.6 cm³/mol. The summed E-state index contributed by atoms with van der Waals surface area (Å²) >= 11 is 0. The zero-order valence-electron chi connectivity index (χ0n) is 13.5. The van der Waals surface area contributed by atoms with Gasteiger partial charge in [0, 0.05) is 11.6 Å². The second kappa shape index (κ2) is 7.56. The van der Waals surface area contributed by atoms with Crippen molar-refractivity contribution in [3.63, 3.8) is 0 Å². The van der Waals surface area contributed by atoms with E-state index in [1.54, 1.807) is 27.7 Å². The van der Waals surface area contributed by atoms with Gasteiger partial charge in [0.2, 0.25) is 10.0 Å². The number of nitrogens with one attached hydrogen (secondary N) is 2. The summed E-state index contributed by atoms with van der Waals surface area (Å²) in [5.74, 6) is -1.95. The van der Waals surface area contributed by atoms with Crippen molar-refractivity contribution >= 4 is 21.9 Å². The molecule has 0 aliphatic carbocycles. The quantitative estimate of drug-likeness (QED) is 0.689. The number of carbonyl (C=O) groups excluding carboxylic acids is 1. The molecule has 0 aliphatic heterocycles. The Morgan fingerprint density at radius 1 is 1.04 bits per heavy atom. The van der Waals surface area contributed by atoms with Gasteiger partial charge >= 0.3 is 5.97 Å². The van der Waals surface area contributed by atoms with Crippen LogP contribution < -0.4 is 10.0 Å². The minimum Gasteiger partial charge on any atom is -0.480 e. The first-order valence-corrected chi connectivity index (χ1v) is 8.69. The maximum Gasteiger partial charge on any atom is 0.326 e. The number of amides is 1. The second-order valence-electron chi connectivity index (χ2n) is 5.83. The number of carbonyl (C=O) groups is 2. The van der Waals surface area contributed by atoms with E-state index in [2.05, 4.69) is 10.0 Å². The van der Waals surface area contributed by atoms with E-state index in [0.717, 1.165) is 0 Å². The van der Waals surface area contributed by atoms with Crippen LogP contribution in [0.3, 0.4) is 0 Å². The van der Waals surface area contributed by atoms with Gasteiger partial charge in [-0.2, -0.15) is 0 Å². The van der Waals surface area contributed by atoms with E-state index < -0.39 is 27.9 Å². The summed E-state index contributed by atoms with van der Waals surface area (Å²) in [6, 6.07) is 4.07. The van der Waals surface area contributed by atoms with Gasteiger partial charge in [0.05, 0.1) is 4.90 Å². The normalized spacial score (nSPS) is 13.1. The van der Waals surface area contributed by atoms with Crippen molar-refractivity contribution in [3.05, 3.63) is 29.8 Å². The highest BCUT2D eigenvalue weighted by Crippen LogP contribution is 2.12. The fourth-order valence-electron chi connectivity index (χ4n) is 1.90. The van der Waals surface area contributed by atoms with Crippen molar-refractivity contribution < 1.29 is 23.1 Å². The van der Waals surface area contributed by atoms with Crippen LogP contribution in [0.15, 0.2) is 29.2 Å². The lowest BCUT2D eigenvalue weighted by atomic mass is 10.0. The number of hydrogen-bond donors (Lipinski definition) is 3. The van der Waals surface area contributed by atoms with Gasteiger partial charge in [0.1, 0.15) is 6.04 Å². The summed E-state index contributed by atoms with van der Waals surface area (Å²) < 4.78 is 26.4. The largest absolute Gasteiger partial charge is 0.480 e. The van der Waals surface area contributed by atoms with Gasteiger partial charge in [-0.3, -0.25) is 4.79 Å². The second-order valence-corrected chi connectivity index (χ2v) is 7.55. The Morgan fingerprint density at radius 2 is 1.57 bits per heavy atom. The monoisotopic (exact) mass is 342 g/mol. The predicted octanol–water partition coefficient (Wildman–Crippen LogP) is 1.21. The molecule has 7 nitrogen and oxygen atoms in total. The number of benzene rings is 1. The van der Waals surface area contributed by atoms with Gasteiger partial charge in [0.15, 0.2) is 0 Å². The molecule has 0 aliphatic rings. The topological polar surface area (TPSA) is 113 Å². The molecular weight excluding hydrogens is 320 g/mol. The van der Waals surface area contributed by atoms with Gasteiger partial charge < -0.3 is 10.4 Å². The zero-order valence-corrected chi connectivity index (χ0v) is 14.3. The third-order valence-corrected chi connectivity index (χ3v) is 4.71. The molecule has 0 bridgehead atoms. The van der Waals surface area contributed by atoms with E-state index in [9.17, 15) is 18.0 Å². The molecule has 0 radical (unpaired) electrons. The number of sulfonamides is 1. The average molecular weight is 342 g/mol. The summed E-state index contributed by atoms with van der Waals surface area (Å²) in [5, 5.41) is 11.5. The van der Waals surface area contributed by atoms with Crippen molar-refractivity contribution in [1.82, 2.24) is 10.0 Å². The molecule has 1 aromatic rings. The van der Waals surface area contributed by atoms with Gasteiger partial charge in [-0.05, 0) is 44.0 Å². The van der Waals surface area contributed by atoms with Crippen LogP contribution in [0, 0.1) is 5.92 Å². The minimum atomic E-state index is -3.63. The molecule has 8 heteroatoms. The molecule has 1 atom stereocenters. The molecule has 0 saturated carbocycles. The van der Waals surface area contributed by atoms with E-state index in [4.69, 9.17) is 5.11 Å². The minimum absolute atomic E-state index is 0.0430. The first-order valence-electron chi connectivity index (χ1n) is 7.20. The molecule has 0 spiro atoms. The highest BCUT2D eigenvalue weighted by Gasteiger charge is 2.24. The number of carboxylic acids is 1. The van der Waals surface area contributed by atoms with Crippen LogP contribution in [0.5, 0.6) is 0 Å². The summed E-state index contributed by atoms with van der Waals surface area (Å²) in [4.78, 5) is 23.2. The number of hydrogen-bond acceptors (Lipinski definition) is 4. The lowest BCUT2D eigenvalue weighted by Crippen LogP contribution is -2.44. The highest BCUT2D eigenvalue weighted by molar-refractivity contribution is 7.89. The molecule has 1 rings (SSSR count). The average Bonchev–Trinajstić information content (AvgIpc) is 2.42. The first kappa shape index (κ1) is 19.1. The molecule has 23 heavy (non-hydrogen) atoms. The van der Waals surface area contributed by atoms with Crippen LogP contribution in [0.2, 0.25) is 0 Å². The fourth-order valence-corrected chi connectivity index (χ4v) is 3.15. The van der Waals surface area contributed by atoms with Crippen LogP contribution in [0.25, 0.3) is 0 Å². The van der Waals surface area contributed by atoms with E-state index in [1.807, 2.05) is 0 Å². The Bertz CT molecular complexity index is 666. The van der Waals surface area contributed by atoms with E-state index >= 15 is 0 Å². The van der Waals surface area contributed by atoms with Gasteiger partial charge in [-0.25, -0.2) is 17.9 Å². The summed E-state index contributed by atoms with van der Waals surface area (Å²) in [6.45, 7) is 6.79. The fraction of sp³-hybridized carbons (Fsp3) is 0.467. The molecule has 1 aromatic carbocycles. The summed E-state index contributed by atoms with van der Waals surface area (Å²) in [6.07, 6.45) is 0. The van der Waals surface area contributed by atoms with Crippen molar-refractivity contribution in [3.8, 4) is 0 Å². The maximum absolute atomic E-state index is 12.1. The van der Waals surface area contributed by atoms with Gasteiger partial charge in [0.25, 0.3) is 5.91 Å². The Morgan fingerprint density at radius 3 is 1.96 bits per heavy atom. The molecule has 0 aromatic heterocycles. The van der Waals surface area contributed by atoms with Crippen molar-refractivity contribution in [2.45, 2.75) is 44.7 Å². The summed E-state index contributed by atoms with van der Waals surface area (Å²) in [5.41, 5.74) is 0.195. The van der Waals surface area contributed by atoms with Gasteiger partial charge in [-0.15, -0.1) is 0 Å². The maximum atomic E-state index is 12.1. The van der Waals surface area contributed by atoms with Crippen LogP contribution in [-0.4, -0.2) is 37.5 Å². The zero-order chi connectivity index (χ0) is 17.8.